The van der Waals surface area contributed by atoms with Crippen LogP contribution >= 0.6 is 0 Å². The van der Waals surface area contributed by atoms with Gasteiger partial charge in [-0.15, -0.1) is 0 Å². The molecule has 6 aromatic carbocycles. The minimum absolute atomic E-state index is 0.229. The maximum atomic E-state index is 6.61. The summed E-state index contributed by atoms with van der Waals surface area (Å²) in [5, 5.41) is 0. The monoisotopic (exact) mass is 843 g/mol. The number of para-hydroxylation sites is 2. The number of hydrogen-bond acceptors (Lipinski definition) is 4. The van der Waals surface area contributed by atoms with Crippen LogP contribution in [-0.2, 0) is 16.2 Å². The third kappa shape index (κ3) is 4.71. The van der Waals surface area contributed by atoms with Crippen molar-refractivity contribution in [3.63, 3.8) is 0 Å². The minimum atomic E-state index is -0.514. The number of fused-ring (bicyclic) bond motifs is 11. The molecule has 7 saturated carbocycles. The molecule has 4 nitrogen and oxygen atoms in total. The lowest BCUT2D eigenvalue weighted by Gasteiger charge is -2.46. The van der Waals surface area contributed by atoms with Gasteiger partial charge >= 0.3 is 0 Å². The first-order chi connectivity index (χ1) is 31.9. The van der Waals surface area contributed by atoms with Crippen LogP contribution in [0.3, 0.4) is 0 Å². The maximum Gasteiger partial charge on any atom is 0.164 e. The van der Waals surface area contributed by atoms with Crippen LogP contribution in [0.1, 0.15) is 105 Å². The Morgan fingerprint density at radius 1 is 0.477 bits per heavy atom. The highest BCUT2D eigenvalue weighted by Crippen LogP contribution is 2.83. The molecule has 16 rings (SSSR count). The van der Waals surface area contributed by atoms with E-state index in [0.29, 0.717) is 11.2 Å². The molecule has 9 aliphatic rings. The summed E-state index contributed by atoms with van der Waals surface area (Å²) in [7, 11) is 0. The summed E-state index contributed by atoms with van der Waals surface area (Å²) in [6.07, 6.45) is 14.2. The van der Waals surface area contributed by atoms with Crippen LogP contribution in [0.15, 0.2) is 140 Å². The van der Waals surface area contributed by atoms with Gasteiger partial charge in [0, 0.05) is 27.8 Å². The van der Waals surface area contributed by atoms with E-state index in [-0.39, 0.29) is 5.41 Å². The van der Waals surface area contributed by atoms with E-state index in [4.69, 9.17) is 19.7 Å². The van der Waals surface area contributed by atoms with Crippen LogP contribution in [0.5, 0.6) is 11.5 Å². The first kappa shape index (κ1) is 36.4. The Morgan fingerprint density at radius 3 is 1.85 bits per heavy atom. The van der Waals surface area contributed by atoms with Crippen molar-refractivity contribution >= 4 is 0 Å². The molecule has 1 aliphatic heterocycles. The summed E-state index contributed by atoms with van der Waals surface area (Å²) in [4.78, 5) is 16.1. The molecule has 2 spiro atoms. The fraction of sp³-hybridized carbons (Fsp3) is 0.361. The zero-order valence-corrected chi connectivity index (χ0v) is 37.1. The molecule has 4 heteroatoms. The molecule has 2 heterocycles. The number of rotatable bonds is 5. The lowest BCUT2D eigenvalue weighted by atomic mass is 9.59. The quantitative estimate of drug-likeness (QED) is 0.173. The molecule has 0 saturated heterocycles. The van der Waals surface area contributed by atoms with E-state index in [9.17, 15) is 0 Å². The molecule has 1 aromatic heterocycles. The van der Waals surface area contributed by atoms with E-state index in [2.05, 4.69) is 146 Å². The zero-order chi connectivity index (χ0) is 42.4. The van der Waals surface area contributed by atoms with Crippen LogP contribution in [-0.4, -0.2) is 15.0 Å². The average molecular weight is 844 g/mol. The first-order valence-electron chi connectivity index (χ1n) is 25.0. The Hall–Kier alpha value is -5.87. The molecule has 7 aromatic rings. The Kier molecular flexibility index (Phi) is 6.89. The molecule has 4 bridgehead atoms. The topological polar surface area (TPSA) is 47.9 Å². The third-order valence-electron chi connectivity index (χ3n) is 20.0. The van der Waals surface area contributed by atoms with Crippen molar-refractivity contribution in [1.29, 1.82) is 0 Å². The fourth-order valence-corrected chi connectivity index (χ4v) is 17.2. The summed E-state index contributed by atoms with van der Waals surface area (Å²) >= 11 is 0. The highest BCUT2D eigenvalue weighted by molar-refractivity contribution is 5.90. The molecule has 0 amide bonds. The molecular formula is C61H53N3O. The second kappa shape index (κ2) is 12.3. The maximum absolute atomic E-state index is 6.61. The molecule has 0 N–H and O–H groups in total. The predicted molar refractivity (Wildman–Crippen MR) is 256 cm³/mol. The molecule has 6 unspecified atom stereocenters. The predicted octanol–water partition coefficient (Wildman–Crippen LogP) is 14.1. The Morgan fingerprint density at radius 2 is 1.11 bits per heavy atom. The van der Waals surface area contributed by atoms with Gasteiger partial charge in [0.05, 0.1) is 5.41 Å². The van der Waals surface area contributed by atoms with Crippen molar-refractivity contribution < 1.29 is 4.74 Å². The van der Waals surface area contributed by atoms with Gasteiger partial charge in [-0.2, -0.15) is 0 Å². The SMILES string of the molecule is CC1(c2ccc(-c3nc(-c4ccc(C56CC7C[C@]8(C[C@H]8C5)C7C6)cc4)nc(-c4ccc5c(c4)-c4ccccc4C54c5ccccc5Oc5ccccc54)n3)cc2)CC2C[C@@H]3C[C@H](CC23)C1. The van der Waals surface area contributed by atoms with Gasteiger partial charge in [-0.25, -0.2) is 15.0 Å². The number of benzene rings is 6. The van der Waals surface area contributed by atoms with Crippen molar-refractivity contribution in [1.82, 2.24) is 15.0 Å². The molecular weight excluding hydrogens is 791 g/mol. The summed E-state index contributed by atoms with van der Waals surface area (Å²) < 4.78 is 6.61. The van der Waals surface area contributed by atoms with Gasteiger partial charge in [0.2, 0.25) is 0 Å². The van der Waals surface area contributed by atoms with Gasteiger partial charge in [0.25, 0.3) is 0 Å². The second-order valence-corrected chi connectivity index (χ2v) is 22.9. The lowest BCUT2D eigenvalue weighted by molar-refractivity contribution is 0.0524. The van der Waals surface area contributed by atoms with Crippen molar-refractivity contribution in [2.75, 3.05) is 0 Å². The van der Waals surface area contributed by atoms with Gasteiger partial charge in [0.15, 0.2) is 17.5 Å². The van der Waals surface area contributed by atoms with Crippen molar-refractivity contribution in [2.45, 2.75) is 87.4 Å². The Balaban J connectivity index is 0.825. The van der Waals surface area contributed by atoms with E-state index in [1.54, 1.807) is 5.56 Å². The number of hydrogen-bond donors (Lipinski definition) is 0. The summed E-state index contributed by atoms with van der Waals surface area (Å²) in [5.41, 5.74) is 14.3. The zero-order valence-electron chi connectivity index (χ0n) is 37.1. The third-order valence-corrected chi connectivity index (χ3v) is 20.0. The Bertz CT molecular complexity index is 3130. The van der Waals surface area contributed by atoms with Crippen LogP contribution < -0.4 is 4.74 Å². The van der Waals surface area contributed by atoms with E-state index < -0.39 is 5.41 Å². The fourth-order valence-electron chi connectivity index (χ4n) is 17.2. The van der Waals surface area contributed by atoms with Gasteiger partial charge < -0.3 is 4.74 Å². The van der Waals surface area contributed by atoms with Crippen LogP contribution in [0, 0.1) is 46.8 Å². The summed E-state index contributed by atoms with van der Waals surface area (Å²) in [6, 6.07) is 52.0. The van der Waals surface area contributed by atoms with Crippen molar-refractivity contribution in [3.05, 3.63) is 173 Å². The molecule has 318 valence electrons. The standard InChI is InChI=1S/C61H53N3O/c1-58(28-35-24-39-26-40(29-58)46(39)25-35)42-19-14-36(15-20-42)55-62-56(37-16-21-43(22-17-37)59-30-41-31-60(52(41)34-59)33-44(60)32-59)64-57(63-55)38-18-23-49-47(27-38)45-8-2-3-9-48(45)61(49)50-10-4-6-12-53(50)65-54-13-7-5-11-51(54)61/h2-23,27,35,39-41,44,46,52H,24-26,28-34H2,1H3/t35-,39+,40?,41?,44-,46?,52?,58?,59?,60-/m1/s1. The van der Waals surface area contributed by atoms with Crippen LogP contribution in [0.4, 0.5) is 0 Å². The molecule has 7 fully saturated rings. The molecule has 0 radical (unpaired) electrons. The highest BCUT2D eigenvalue weighted by Gasteiger charge is 2.76. The average Bonchev–Trinajstić information content (AvgIpc) is 3.86. The Labute approximate surface area is 382 Å². The smallest absolute Gasteiger partial charge is 0.164 e. The van der Waals surface area contributed by atoms with Crippen molar-refractivity contribution in [2.24, 2.45) is 46.8 Å². The normalized spacial score (nSPS) is 33.6. The molecule has 65 heavy (non-hydrogen) atoms. The van der Waals surface area contributed by atoms with E-state index >= 15 is 0 Å². The van der Waals surface area contributed by atoms with E-state index in [0.717, 1.165) is 86.7 Å². The van der Waals surface area contributed by atoms with Crippen molar-refractivity contribution in [3.8, 4) is 56.8 Å². The van der Waals surface area contributed by atoms with Gasteiger partial charge in [-0.3, -0.25) is 0 Å². The number of nitrogens with zero attached hydrogens (tertiary/aromatic N) is 3. The molecule has 10 atom stereocenters. The van der Waals surface area contributed by atoms with Gasteiger partial charge in [-0.1, -0.05) is 128 Å². The lowest BCUT2D eigenvalue weighted by Crippen LogP contribution is -2.38. The van der Waals surface area contributed by atoms with Crippen LogP contribution in [0.2, 0.25) is 0 Å². The van der Waals surface area contributed by atoms with Gasteiger partial charge in [0.1, 0.15) is 11.5 Å². The number of ether oxygens (including phenoxy) is 1. The summed E-state index contributed by atoms with van der Waals surface area (Å²) in [5.74, 6) is 10.7. The summed E-state index contributed by atoms with van der Waals surface area (Å²) in [6.45, 7) is 2.55. The second-order valence-electron chi connectivity index (χ2n) is 22.9. The van der Waals surface area contributed by atoms with Crippen LogP contribution in [0.25, 0.3) is 45.3 Å². The minimum Gasteiger partial charge on any atom is -0.457 e. The largest absolute Gasteiger partial charge is 0.457 e. The first-order valence-corrected chi connectivity index (χ1v) is 25.0. The number of aromatic nitrogens is 3. The molecule has 8 aliphatic carbocycles. The van der Waals surface area contributed by atoms with Gasteiger partial charge in [-0.05, 0) is 173 Å². The van der Waals surface area contributed by atoms with E-state index in [1.165, 1.54) is 103 Å². The highest BCUT2D eigenvalue weighted by atomic mass is 16.5. The van der Waals surface area contributed by atoms with E-state index in [1.807, 2.05) is 0 Å².